The Kier molecular flexibility index (Phi) is 6.16. The van der Waals surface area contributed by atoms with Gasteiger partial charge in [-0.25, -0.2) is 8.42 Å². The molecule has 2 aromatic carbocycles. The maximum absolute atomic E-state index is 13.3. The van der Waals surface area contributed by atoms with E-state index >= 15 is 0 Å². The van der Waals surface area contributed by atoms with Crippen molar-refractivity contribution in [2.75, 3.05) is 11.9 Å². The number of thiophene rings is 1. The molecule has 1 amide bonds. The molecule has 0 saturated carbocycles. The standard InChI is InChI=1S/C24H25NO4S2/c1-3-4-13-29-20-8-6-5-7-18(20)19-14-22(26)25-23-21(15-30-24(19)23)31(27,28)17-11-9-16(2)10-12-17/h5-12,15,19H,3-4,13-14H2,1-2H3,(H,25,26)/t19-/m1/s1. The van der Waals surface area contributed by atoms with Gasteiger partial charge in [0.15, 0.2) is 0 Å². The molecule has 5 nitrogen and oxygen atoms in total. The molecule has 1 aliphatic rings. The summed E-state index contributed by atoms with van der Waals surface area (Å²) in [6, 6.07) is 14.5. The number of para-hydroxylation sites is 1. The Morgan fingerprint density at radius 2 is 1.87 bits per heavy atom. The maximum atomic E-state index is 13.3. The van der Waals surface area contributed by atoms with E-state index in [1.165, 1.54) is 11.3 Å². The number of nitrogens with one attached hydrogen (secondary N) is 1. The van der Waals surface area contributed by atoms with Crippen molar-refractivity contribution >= 4 is 32.8 Å². The van der Waals surface area contributed by atoms with Crippen LogP contribution in [0.1, 0.15) is 48.1 Å². The summed E-state index contributed by atoms with van der Waals surface area (Å²) in [5, 5.41) is 4.46. The number of sulfone groups is 1. The lowest BCUT2D eigenvalue weighted by atomic mass is 9.90. The van der Waals surface area contributed by atoms with Gasteiger partial charge in [0.05, 0.1) is 17.2 Å². The molecule has 2 heterocycles. The topological polar surface area (TPSA) is 72.5 Å². The van der Waals surface area contributed by atoms with Gasteiger partial charge in [0, 0.05) is 28.2 Å². The summed E-state index contributed by atoms with van der Waals surface area (Å²) >= 11 is 1.37. The number of aryl methyl sites for hydroxylation is 1. The van der Waals surface area contributed by atoms with Crippen molar-refractivity contribution in [3.05, 3.63) is 69.9 Å². The number of ether oxygens (including phenoxy) is 1. The number of hydrogen-bond donors (Lipinski definition) is 1. The van der Waals surface area contributed by atoms with Gasteiger partial charge in [-0.05, 0) is 31.5 Å². The molecule has 1 atom stereocenters. The zero-order valence-corrected chi connectivity index (χ0v) is 19.2. The van der Waals surface area contributed by atoms with Crippen LogP contribution < -0.4 is 10.1 Å². The Balaban J connectivity index is 1.76. The number of unbranched alkanes of at least 4 members (excludes halogenated alkanes) is 1. The lowest BCUT2D eigenvalue weighted by Gasteiger charge is -2.25. The minimum absolute atomic E-state index is 0.152. The van der Waals surface area contributed by atoms with Crippen LogP contribution in [0.4, 0.5) is 5.69 Å². The molecule has 4 rings (SSSR count). The van der Waals surface area contributed by atoms with Crippen molar-refractivity contribution in [2.45, 2.75) is 48.8 Å². The van der Waals surface area contributed by atoms with Gasteiger partial charge in [-0.1, -0.05) is 49.2 Å². The number of anilines is 1. The summed E-state index contributed by atoms with van der Waals surface area (Å²) in [5.74, 6) is 0.311. The fourth-order valence-corrected chi connectivity index (χ4v) is 6.62. The van der Waals surface area contributed by atoms with Crippen LogP contribution in [0.15, 0.2) is 63.7 Å². The number of fused-ring (bicyclic) bond motifs is 1. The van der Waals surface area contributed by atoms with E-state index in [2.05, 4.69) is 12.2 Å². The molecule has 1 aromatic heterocycles. The second-order valence-corrected chi connectivity index (χ2v) is 10.5. The van der Waals surface area contributed by atoms with Crippen molar-refractivity contribution in [3.8, 4) is 5.75 Å². The highest BCUT2D eigenvalue weighted by molar-refractivity contribution is 7.91. The molecule has 7 heteroatoms. The van der Waals surface area contributed by atoms with Crippen molar-refractivity contribution in [2.24, 2.45) is 0 Å². The van der Waals surface area contributed by atoms with Crippen LogP contribution in [0.5, 0.6) is 5.75 Å². The van der Waals surface area contributed by atoms with Crippen LogP contribution in [-0.2, 0) is 14.6 Å². The van der Waals surface area contributed by atoms with E-state index in [0.29, 0.717) is 12.3 Å². The third-order valence-electron chi connectivity index (χ3n) is 5.43. The van der Waals surface area contributed by atoms with Gasteiger partial charge in [-0.15, -0.1) is 11.3 Å². The fraction of sp³-hybridized carbons (Fsp3) is 0.292. The average molecular weight is 456 g/mol. The van der Waals surface area contributed by atoms with Gasteiger partial charge in [-0.3, -0.25) is 4.79 Å². The first-order valence-electron chi connectivity index (χ1n) is 10.4. The molecule has 0 bridgehead atoms. The van der Waals surface area contributed by atoms with Crippen LogP contribution in [-0.4, -0.2) is 20.9 Å². The van der Waals surface area contributed by atoms with Crippen LogP contribution in [0, 0.1) is 6.92 Å². The zero-order valence-electron chi connectivity index (χ0n) is 17.6. The van der Waals surface area contributed by atoms with Gasteiger partial charge < -0.3 is 10.1 Å². The van der Waals surface area contributed by atoms with E-state index in [-0.39, 0.29) is 28.0 Å². The summed E-state index contributed by atoms with van der Waals surface area (Å²) in [7, 11) is -3.75. The Bertz CT molecular complexity index is 1200. The Hall–Kier alpha value is -2.64. The van der Waals surface area contributed by atoms with Crippen molar-refractivity contribution < 1.29 is 17.9 Å². The number of carbonyl (C=O) groups is 1. The van der Waals surface area contributed by atoms with Gasteiger partial charge in [0.1, 0.15) is 10.6 Å². The van der Waals surface area contributed by atoms with Crippen LogP contribution in [0.2, 0.25) is 0 Å². The average Bonchev–Trinajstić information content (AvgIpc) is 3.19. The molecule has 0 unspecified atom stereocenters. The van der Waals surface area contributed by atoms with E-state index in [1.54, 1.807) is 29.6 Å². The quantitative estimate of drug-likeness (QED) is 0.475. The number of rotatable bonds is 7. The first-order chi connectivity index (χ1) is 14.9. The number of hydrogen-bond acceptors (Lipinski definition) is 5. The third-order valence-corrected chi connectivity index (χ3v) is 8.47. The summed E-state index contributed by atoms with van der Waals surface area (Å²) in [4.78, 5) is 13.8. The molecule has 3 aromatic rings. The van der Waals surface area contributed by atoms with Gasteiger partial charge >= 0.3 is 0 Å². The minimum atomic E-state index is -3.75. The van der Waals surface area contributed by atoms with E-state index < -0.39 is 9.84 Å². The summed E-state index contributed by atoms with van der Waals surface area (Å²) in [5.41, 5.74) is 2.30. The smallest absolute Gasteiger partial charge is 0.225 e. The van der Waals surface area contributed by atoms with Crippen LogP contribution >= 0.6 is 11.3 Å². The molecular formula is C24H25NO4S2. The SMILES string of the molecule is CCCCOc1ccccc1[C@H]1CC(=O)Nc2c(S(=O)(=O)c3ccc(C)cc3)csc21. The largest absolute Gasteiger partial charge is 0.493 e. The first-order valence-corrected chi connectivity index (χ1v) is 12.7. The van der Waals surface area contributed by atoms with Crippen LogP contribution in [0.25, 0.3) is 0 Å². The monoisotopic (exact) mass is 455 g/mol. The number of carbonyl (C=O) groups excluding carboxylic acids is 1. The highest BCUT2D eigenvalue weighted by atomic mass is 32.2. The minimum Gasteiger partial charge on any atom is -0.493 e. The predicted molar refractivity (Wildman–Crippen MR) is 123 cm³/mol. The molecule has 0 radical (unpaired) electrons. The number of amides is 1. The predicted octanol–water partition coefficient (Wildman–Crippen LogP) is 5.54. The summed E-state index contributed by atoms with van der Waals surface area (Å²) < 4.78 is 32.6. The van der Waals surface area contributed by atoms with Crippen LogP contribution in [0.3, 0.4) is 0 Å². The Morgan fingerprint density at radius 1 is 1.13 bits per heavy atom. The lowest BCUT2D eigenvalue weighted by molar-refractivity contribution is -0.116. The van der Waals surface area contributed by atoms with E-state index in [1.807, 2.05) is 31.2 Å². The van der Waals surface area contributed by atoms with Crippen molar-refractivity contribution in [1.29, 1.82) is 0 Å². The summed E-state index contributed by atoms with van der Waals surface area (Å²) in [6.07, 6.45) is 2.23. The van der Waals surface area contributed by atoms with E-state index in [9.17, 15) is 13.2 Å². The lowest BCUT2D eigenvalue weighted by Crippen LogP contribution is -2.23. The van der Waals surface area contributed by atoms with Gasteiger partial charge in [0.2, 0.25) is 15.7 Å². The molecular weight excluding hydrogens is 430 g/mol. The summed E-state index contributed by atoms with van der Waals surface area (Å²) in [6.45, 7) is 4.62. The fourth-order valence-electron chi connectivity index (χ4n) is 3.72. The molecule has 0 fully saturated rings. The molecule has 0 saturated heterocycles. The Labute approximate surface area is 187 Å². The zero-order chi connectivity index (χ0) is 22.0. The third kappa shape index (κ3) is 4.25. The van der Waals surface area contributed by atoms with E-state index in [4.69, 9.17) is 4.74 Å². The second-order valence-electron chi connectivity index (χ2n) is 7.70. The molecule has 0 aliphatic carbocycles. The molecule has 162 valence electrons. The van der Waals surface area contributed by atoms with Crippen molar-refractivity contribution in [1.82, 2.24) is 0 Å². The first kappa shape index (κ1) is 21.6. The van der Waals surface area contributed by atoms with Gasteiger partial charge in [-0.2, -0.15) is 0 Å². The molecule has 1 N–H and O–H groups in total. The Morgan fingerprint density at radius 3 is 2.61 bits per heavy atom. The maximum Gasteiger partial charge on any atom is 0.225 e. The highest BCUT2D eigenvalue weighted by Crippen LogP contribution is 2.47. The molecule has 0 spiro atoms. The van der Waals surface area contributed by atoms with Crippen molar-refractivity contribution in [3.63, 3.8) is 0 Å². The van der Waals surface area contributed by atoms with E-state index in [0.717, 1.165) is 34.6 Å². The normalized spacial score (nSPS) is 15.9. The second kappa shape index (κ2) is 8.85. The number of benzene rings is 2. The molecule has 1 aliphatic heterocycles. The molecule has 31 heavy (non-hydrogen) atoms. The van der Waals surface area contributed by atoms with Gasteiger partial charge in [0.25, 0.3) is 0 Å². The highest BCUT2D eigenvalue weighted by Gasteiger charge is 2.35.